The van der Waals surface area contributed by atoms with Gasteiger partial charge >= 0.3 is 0 Å². The molecule has 0 aliphatic rings. The summed E-state index contributed by atoms with van der Waals surface area (Å²) >= 11 is 0. The molecule has 0 unspecified atom stereocenters. The summed E-state index contributed by atoms with van der Waals surface area (Å²) in [5, 5.41) is 8.91. The van der Waals surface area contributed by atoms with Crippen molar-refractivity contribution in [1.29, 1.82) is 0 Å². The Morgan fingerprint density at radius 3 is 2.39 bits per heavy atom. The molecule has 168 valence electrons. The number of hydrogen-bond acceptors (Lipinski definition) is 4. The first kappa shape index (κ1) is 24.3. The monoisotopic (exact) mass is 425 g/mol. The van der Waals surface area contributed by atoms with Crippen molar-refractivity contribution in [2.24, 2.45) is 0 Å². The molecular formula is C25H35N3O3. The lowest BCUT2D eigenvalue weighted by Crippen LogP contribution is -2.22. The number of carbonyl (C=O) groups excluding carboxylic acids is 2. The highest BCUT2D eigenvalue weighted by Gasteiger charge is 2.08. The first-order chi connectivity index (χ1) is 15.0. The third-order valence-electron chi connectivity index (χ3n) is 5.00. The summed E-state index contributed by atoms with van der Waals surface area (Å²) in [5.41, 5.74) is 3.16. The Morgan fingerprint density at radius 1 is 0.871 bits per heavy atom. The molecule has 0 spiro atoms. The molecule has 6 nitrogen and oxygen atoms in total. The second-order valence-corrected chi connectivity index (χ2v) is 7.57. The van der Waals surface area contributed by atoms with Crippen LogP contribution in [0.1, 0.15) is 57.9 Å². The second-order valence-electron chi connectivity index (χ2n) is 7.57. The highest BCUT2D eigenvalue weighted by Crippen LogP contribution is 2.23. The summed E-state index contributed by atoms with van der Waals surface area (Å²) in [6, 6.07) is 13.1. The summed E-state index contributed by atoms with van der Waals surface area (Å²) in [6.45, 7) is 6.73. The normalized spacial score (nSPS) is 10.4. The van der Waals surface area contributed by atoms with Gasteiger partial charge in [-0.2, -0.15) is 0 Å². The van der Waals surface area contributed by atoms with E-state index in [1.54, 1.807) is 0 Å². The summed E-state index contributed by atoms with van der Waals surface area (Å²) in [6.07, 6.45) is 6.39. The molecular weight excluding hydrogens is 390 g/mol. The predicted molar refractivity (Wildman–Crippen MR) is 128 cm³/mol. The maximum absolute atomic E-state index is 12.4. The van der Waals surface area contributed by atoms with Gasteiger partial charge in [0.2, 0.25) is 11.8 Å². The van der Waals surface area contributed by atoms with Gasteiger partial charge in [0.25, 0.3) is 0 Å². The van der Waals surface area contributed by atoms with Gasteiger partial charge in [-0.25, -0.2) is 0 Å². The van der Waals surface area contributed by atoms with Gasteiger partial charge in [0.05, 0.1) is 13.2 Å². The van der Waals surface area contributed by atoms with E-state index in [1.165, 1.54) is 25.7 Å². The highest BCUT2D eigenvalue weighted by atomic mass is 16.5. The zero-order chi connectivity index (χ0) is 22.5. The van der Waals surface area contributed by atoms with Crippen molar-refractivity contribution in [3.63, 3.8) is 0 Å². The number of anilines is 3. The first-order valence-corrected chi connectivity index (χ1v) is 11.2. The minimum Gasteiger partial charge on any atom is -0.494 e. The lowest BCUT2D eigenvalue weighted by atomic mass is 10.1. The van der Waals surface area contributed by atoms with Gasteiger partial charge in [-0.05, 0) is 43.2 Å². The van der Waals surface area contributed by atoms with Crippen LogP contribution in [0.4, 0.5) is 17.1 Å². The fourth-order valence-electron chi connectivity index (χ4n) is 3.14. The van der Waals surface area contributed by atoms with Crippen molar-refractivity contribution < 1.29 is 14.3 Å². The van der Waals surface area contributed by atoms with Gasteiger partial charge in [0.15, 0.2) is 0 Å². The number of rotatable bonds is 13. The Bertz CT molecular complexity index is 852. The smallest absolute Gasteiger partial charge is 0.243 e. The molecule has 0 atom stereocenters. The van der Waals surface area contributed by atoms with Crippen LogP contribution < -0.4 is 20.7 Å². The summed E-state index contributed by atoms with van der Waals surface area (Å²) in [7, 11) is 0. The van der Waals surface area contributed by atoms with Crippen molar-refractivity contribution in [1.82, 2.24) is 0 Å². The molecule has 0 saturated carbocycles. The molecule has 0 radical (unpaired) electrons. The molecule has 0 fully saturated rings. The number of nitrogens with one attached hydrogen (secondary N) is 3. The first-order valence-electron chi connectivity index (χ1n) is 11.2. The van der Waals surface area contributed by atoms with Crippen LogP contribution >= 0.6 is 0 Å². The van der Waals surface area contributed by atoms with E-state index in [2.05, 4.69) is 22.9 Å². The van der Waals surface area contributed by atoms with Crippen LogP contribution in [-0.2, 0) is 9.59 Å². The molecule has 2 amide bonds. The Labute approximate surface area is 185 Å². The van der Waals surface area contributed by atoms with Gasteiger partial charge in [0, 0.05) is 29.5 Å². The van der Waals surface area contributed by atoms with Crippen LogP contribution in [0.5, 0.6) is 5.75 Å². The summed E-state index contributed by atoms with van der Waals surface area (Å²) in [4.78, 5) is 24.1. The van der Waals surface area contributed by atoms with E-state index in [-0.39, 0.29) is 18.4 Å². The van der Waals surface area contributed by atoms with Gasteiger partial charge in [-0.1, -0.05) is 51.7 Å². The zero-order valence-electron chi connectivity index (χ0n) is 18.9. The van der Waals surface area contributed by atoms with E-state index in [1.807, 2.05) is 56.3 Å². The van der Waals surface area contributed by atoms with Gasteiger partial charge in [-0.3, -0.25) is 9.59 Å². The molecule has 0 bridgehead atoms. The summed E-state index contributed by atoms with van der Waals surface area (Å²) < 4.78 is 5.81. The van der Waals surface area contributed by atoms with E-state index in [9.17, 15) is 9.59 Å². The van der Waals surface area contributed by atoms with Crippen LogP contribution in [0.2, 0.25) is 0 Å². The fraction of sp³-hybridized carbons (Fsp3) is 0.440. The Hall–Kier alpha value is -3.02. The predicted octanol–water partition coefficient (Wildman–Crippen LogP) is 5.74. The minimum absolute atomic E-state index is 0.0407. The SMILES string of the molecule is CCCCCCCOc1cccc(NC(=O)CNc2cccc(NC(=O)CC)c2C)c1. The van der Waals surface area contributed by atoms with Crippen molar-refractivity contribution in [3.05, 3.63) is 48.0 Å². The molecule has 0 aliphatic carbocycles. The third kappa shape index (κ3) is 8.70. The molecule has 0 aromatic heterocycles. The lowest BCUT2D eigenvalue weighted by Gasteiger charge is -2.14. The lowest BCUT2D eigenvalue weighted by molar-refractivity contribution is -0.116. The molecule has 0 heterocycles. The molecule has 3 N–H and O–H groups in total. The molecule has 6 heteroatoms. The molecule has 2 aromatic rings. The van der Waals surface area contributed by atoms with E-state index in [0.717, 1.165) is 29.1 Å². The van der Waals surface area contributed by atoms with Gasteiger partial charge < -0.3 is 20.7 Å². The topological polar surface area (TPSA) is 79.5 Å². The van der Waals surface area contributed by atoms with Crippen molar-refractivity contribution in [2.75, 3.05) is 29.1 Å². The average molecular weight is 426 g/mol. The molecule has 2 aromatic carbocycles. The third-order valence-corrected chi connectivity index (χ3v) is 5.00. The average Bonchev–Trinajstić information content (AvgIpc) is 2.77. The Morgan fingerprint density at radius 2 is 1.61 bits per heavy atom. The number of hydrogen-bond donors (Lipinski definition) is 3. The largest absolute Gasteiger partial charge is 0.494 e. The van der Waals surface area contributed by atoms with E-state index < -0.39 is 0 Å². The number of unbranched alkanes of at least 4 members (excludes halogenated alkanes) is 4. The minimum atomic E-state index is -0.154. The second kappa shape index (κ2) is 13.3. The summed E-state index contributed by atoms with van der Waals surface area (Å²) in [5.74, 6) is 0.566. The van der Waals surface area contributed by atoms with Crippen LogP contribution in [0.15, 0.2) is 42.5 Å². The van der Waals surface area contributed by atoms with E-state index in [0.29, 0.717) is 18.7 Å². The maximum atomic E-state index is 12.4. The molecule has 31 heavy (non-hydrogen) atoms. The number of carbonyl (C=O) groups is 2. The number of ether oxygens (including phenoxy) is 1. The maximum Gasteiger partial charge on any atom is 0.243 e. The fourth-order valence-corrected chi connectivity index (χ4v) is 3.14. The highest BCUT2D eigenvalue weighted by molar-refractivity contribution is 5.95. The van der Waals surface area contributed by atoms with Crippen molar-refractivity contribution >= 4 is 28.9 Å². The van der Waals surface area contributed by atoms with Gasteiger partial charge in [-0.15, -0.1) is 0 Å². The van der Waals surface area contributed by atoms with Crippen molar-refractivity contribution in [2.45, 2.75) is 59.3 Å². The van der Waals surface area contributed by atoms with Gasteiger partial charge in [0.1, 0.15) is 5.75 Å². The zero-order valence-corrected chi connectivity index (χ0v) is 18.9. The van der Waals surface area contributed by atoms with E-state index >= 15 is 0 Å². The Balaban J connectivity index is 1.82. The van der Waals surface area contributed by atoms with Crippen LogP contribution in [0.25, 0.3) is 0 Å². The molecule has 2 rings (SSSR count). The number of benzene rings is 2. The molecule has 0 aliphatic heterocycles. The number of amides is 2. The quantitative estimate of drug-likeness (QED) is 0.357. The van der Waals surface area contributed by atoms with Crippen LogP contribution in [0, 0.1) is 6.92 Å². The van der Waals surface area contributed by atoms with Crippen LogP contribution in [0.3, 0.4) is 0 Å². The van der Waals surface area contributed by atoms with Crippen molar-refractivity contribution in [3.8, 4) is 5.75 Å². The molecule has 0 saturated heterocycles. The Kier molecular flexibility index (Phi) is 10.4. The van der Waals surface area contributed by atoms with Crippen LogP contribution in [-0.4, -0.2) is 25.0 Å². The van der Waals surface area contributed by atoms with E-state index in [4.69, 9.17) is 4.74 Å². The standard InChI is InChI=1S/C25H35N3O3/c1-4-6-7-8-9-16-31-21-13-10-12-20(17-21)27-25(30)18-26-22-14-11-15-23(19(22)3)28-24(29)5-2/h10-15,17,26H,4-9,16,18H2,1-3H3,(H,27,30)(H,28,29).